The lowest BCUT2D eigenvalue weighted by atomic mass is 9.89. The SMILES string of the molecule is CCNC(CCCC(C)(C)C)COCC(F)(F)F. The van der Waals surface area contributed by atoms with E-state index >= 15 is 0 Å². The maximum absolute atomic E-state index is 12.0. The lowest BCUT2D eigenvalue weighted by Gasteiger charge is -2.22. The summed E-state index contributed by atoms with van der Waals surface area (Å²) in [5.41, 5.74) is 0.267. The first kappa shape index (κ1) is 17.7. The Morgan fingerprint density at radius 3 is 2.22 bits per heavy atom. The highest BCUT2D eigenvalue weighted by molar-refractivity contribution is 4.69. The van der Waals surface area contributed by atoms with Gasteiger partial charge in [-0.15, -0.1) is 0 Å². The number of ether oxygens (including phenoxy) is 1. The van der Waals surface area contributed by atoms with E-state index in [0.717, 1.165) is 25.8 Å². The van der Waals surface area contributed by atoms with Crippen LogP contribution in [-0.2, 0) is 4.74 Å². The van der Waals surface area contributed by atoms with Gasteiger partial charge in [0.1, 0.15) is 6.61 Å². The molecule has 0 radical (unpaired) electrons. The number of rotatable bonds is 8. The molecule has 0 heterocycles. The molecule has 0 aromatic rings. The van der Waals surface area contributed by atoms with Crippen LogP contribution in [0.25, 0.3) is 0 Å². The summed E-state index contributed by atoms with van der Waals surface area (Å²) < 4.78 is 40.6. The number of alkyl halides is 3. The number of halogens is 3. The predicted molar refractivity (Wildman–Crippen MR) is 67.6 cm³/mol. The zero-order valence-electron chi connectivity index (χ0n) is 11.9. The van der Waals surface area contributed by atoms with Gasteiger partial charge < -0.3 is 10.1 Å². The third kappa shape index (κ3) is 12.2. The van der Waals surface area contributed by atoms with E-state index in [9.17, 15) is 13.2 Å². The van der Waals surface area contributed by atoms with Crippen LogP contribution in [0.3, 0.4) is 0 Å². The van der Waals surface area contributed by atoms with Crippen molar-refractivity contribution in [2.24, 2.45) is 5.41 Å². The van der Waals surface area contributed by atoms with Crippen LogP contribution in [0.4, 0.5) is 13.2 Å². The van der Waals surface area contributed by atoms with E-state index in [2.05, 4.69) is 26.1 Å². The molecular formula is C13H26F3NO. The Labute approximate surface area is 108 Å². The molecule has 0 bridgehead atoms. The highest BCUT2D eigenvalue weighted by Gasteiger charge is 2.27. The minimum atomic E-state index is -4.23. The molecule has 0 rings (SSSR count). The number of hydrogen-bond donors (Lipinski definition) is 1. The normalized spacial score (nSPS) is 14.8. The molecule has 0 fully saturated rings. The summed E-state index contributed by atoms with van der Waals surface area (Å²) in [5, 5.41) is 3.16. The predicted octanol–water partition coefficient (Wildman–Crippen LogP) is 3.76. The van der Waals surface area contributed by atoms with Gasteiger partial charge in [0.05, 0.1) is 6.61 Å². The van der Waals surface area contributed by atoms with E-state index in [-0.39, 0.29) is 18.1 Å². The van der Waals surface area contributed by atoms with E-state index in [0.29, 0.717) is 0 Å². The Balaban J connectivity index is 3.85. The molecule has 0 saturated carbocycles. The molecule has 0 aliphatic rings. The Morgan fingerprint density at radius 1 is 1.17 bits per heavy atom. The quantitative estimate of drug-likeness (QED) is 0.724. The van der Waals surface area contributed by atoms with Crippen LogP contribution in [0.15, 0.2) is 0 Å². The molecule has 1 unspecified atom stereocenters. The summed E-state index contributed by atoms with van der Waals surface area (Å²) >= 11 is 0. The van der Waals surface area contributed by atoms with Crippen molar-refractivity contribution < 1.29 is 17.9 Å². The summed E-state index contributed by atoms with van der Waals surface area (Å²) in [4.78, 5) is 0. The van der Waals surface area contributed by atoms with Crippen molar-refractivity contribution >= 4 is 0 Å². The Bertz CT molecular complexity index is 191. The van der Waals surface area contributed by atoms with E-state index in [4.69, 9.17) is 4.74 Å². The van der Waals surface area contributed by atoms with Gasteiger partial charge in [0, 0.05) is 6.04 Å². The summed E-state index contributed by atoms with van der Waals surface area (Å²) in [5.74, 6) is 0. The van der Waals surface area contributed by atoms with E-state index in [1.165, 1.54) is 0 Å². The van der Waals surface area contributed by atoms with Crippen LogP contribution in [0.5, 0.6) is 0 Å². The third-order valence-corrected chi connectivity index (χ3v) is 2.56. The third-order valence-electron chi connectivity index (χ3n) is 2.56. The van der Waals surface area contributed by atoms with Crippen LogP contribution in [-0.4, -0.2) is 32.0 Å². The van der Waals surface area contributed by atoms with Gasteiger partial charge in [-0.2, -0.15) is 13.2 Å². The van der Waals surface area contributed by atoms with Crippen molar-refractivity contribution in [2.45, 2.75) is 59.2 Å². The van der Waals surface area contributed by atoms with Gasteiger partial charge in [-0.1, -0.05) is 34.1 Å². The van der Waals surface area contributed by atoms with Crippen molar-refractivity contribution in [1.29, 1.82) is 0 Å². The van der Waals surface area contributed by atoms with Gasteiger partial charge in [0.2, 0.25) is 0 Å². The van der Waals surface area contributed by atoms with Crippen molar-refractivity contribution in [3.63, 3.8) is 0 Å². The van der Waals surface area contributed by atoms with E-state index in [1.807, 2.05) is 6.92 Å². The first-order valence-corrected chi connectivity index (χ1v) is 6.52. The smallest absolute Gasteiger partial charge is 0.370 e. The number of hydrogen-bond acceptors (Lipinski definition) is 2. The van der Waals surface area contributed by atoms with Gasteiger partial charge in [-0.05, 0) is 24.8 Å². The standard InChI is InChI=1S/C13H26F3NO/c1-5-17-11(7-6-8-12(2,3)4)9-18-10-13(14,15)16/h11,17H,5-10H2,1-4H3. The molecule has 5 heteroatoms. The van der Waals surface area contributed by atoms with Gasteiger partial charge in [0.25, 0.3) is 0 Å². The summed E-state index contributed by atoms with van der Waals surface area (Å²) in [6.07, 6.45) is -1.32. The van der Waals surface area contributed by atoms with Gasteiger partial charge in [-0.25, -0.2) is 0 Å². The van der Waals surface area contributed by atoms with Crippen molar-refractivity contribution in [3.05, 3.63) is 0 Å². The molecule has 1 N–H and O–H groups in total. The molecule has 2 nitrogen and oxygen atoms in total. The van der Waals surface area contributed by atoms with Crippen LogP contribution in [0, 0.1) is 5.41 Å². The number of likely N-dealkylation sites (N-methyl/N-ethyl adjacent to an activating group) is 1. The second-order valence-electron chi connectivity index (χ2n) is 5.84. The fraction of sp³-hybridized carbons (Fsp3) is 1.00. The maximum atomic E-state index is 12.0. The van der Waals surface area contributed by atoms with E-state index < -0.39 is 12.8 Å². The van der Waals surface area contributed by atoms with Crippen molar-refractivity contribution in [2.75, 3.05) is 19.8 Å². The number of nitrogens with one attached hydrogen (secondary N) is 1. The molecule has 0 saturated heterocycles. The van der Waals surface area contributed by atoms with Crippen molar-refractivity contribution in [1.82, 2.24) is 5.32 Å². The summed E-state index contributed by atoms with van der Waals surface area (Å²) in [6.45, 7) is 8.14. The molecule has 0 aliphatic carbocycles. The fourth-order valence-corrected chi connectivity index (χ4v) is 1.73. The van der Waals surface area contributed by atoms with E-state index in [1.54, 1.807) is 0 Å². The second-order valence-corrected chi connectivity index (χ2v) is 5.84. The molecular weight excluding hydrogens is 243 g/mol. The van der Waals surface area contributed by atoms with Crippen LogP contribution in [0.2, 0.25) is 0 Å². The van der Waals surface area contributed by atoms with Crippen LogP contribution < -0.4 is 5.32 Å². The highest BCUT2D eigenvalue weighted by atomic mass is 19.4. The monoisotopic (exact) mass is 269 g/mol. The second kappa shape index (κ2) is 8.00. The Kier molecular flexibility index (Phi) is 7.87. The van der Waals surface area contributed by atoms with Crippen molar-refractivity contribution in [3.8, 4) is 0 Å². The van der Waals surface area contributed by atoms with Gasteiger partial charge in [-0.3, -0.25) is 0 Å². The largest absolute Gasteiger partial charge is 0.411 e. The molecule has 0 spiro atoms. The van der Waals surface area contributed by atoms with Crippen LogP contribution >= 0.6 is 0 Å². The molecule has 0 aliphatic heterocycles. The minimum absolute atomic E-state index is 0.0136. The van der Waals surface area contributed by atoms with Gasteiger partial charge >= 0.3 is 6.18 Å². The molecule has 0 aromatic carbocycles. The average Bonchev–Trinajstić information content (AvgIpc) is 2.13. The molecule has 1 atom stereocenters. The minimum Gasteiger partial charge on any atom is -0.370 e. The maximum Gasteiger partial charge on any atom is 0.411 e. The molecule has 0 aromatic heterocycles. The average molecular weight is 269 g/mol. The summed E-state index contributed by atoms with van der Waals surface area (Å²) in [7, 11) is 0. The zero-order valence-corrected chi connectivity index (χ0v) is 11.9. The Morgan fingerprint density at radius 2 is 1.78 bits per heavy atom. The van der Waals surface area contributed by atoms with Crippen LogP contribution in [0.1, 0.15) is 47.0 Å². The molecule has 18 heavy (non-hydrogen) atoms. The first-order chi connectivity index (χ1) is 8.14. The molecule has 110 valence electrons. The highest BCUT2D eigenvalue weighted by Crippen LogP contribution is 2.22. The van der Waals surface area contributed by atoms with Gasteiger partial charge in [0.15, 0.2) is 0 Å². The zero-order chi connectivity index (χ0) is 14.2. The molecule has 0 amide bonds. The first-order valence-electron chi connectivity index (χ1n) is 6.52. The lowest BCUT2D eigenvalue weighted by Crippen LogP contribution is -2.35. The Hall–Kier alpha value is -0.290. The fourth-order valence-electron chi connectivity index (χ4n) is 1.73. The summed E-state index contributed by atoms with van der Waals surface area (Å²) in [6, 6.07) is 0.0136. The lowest BCUT2D eigenvalue weighted by molar-refractivity contribution is -0.175. The topological polar surface area (TPSA) is 21.3 Å².